The van der Waals surface area contributed by atoms with Crippen LogP contribution in [0.4, 0.5) is 5.69 Å². The Labute approximate surface area is 107 Å². The van der Waals surface area contributed by atoms with Crippen LogP contribution in [0.5, 0.6) is 0 Å². The SMILES string of the molecule is CSCC(C)(O)CNc1ccc(C(C)=O)cc1. The van der Waals surface area contributed by atoms with Crippen molar-refractivity contribution in [3.8, 4) is 0 Å². The van der Waals surface area contributed by atoms with Crippen LogP contribution in [0.1, 0.15) is 24.2 Å². The Balaban J connectivity index is 2.55. The fraction of sp³-hybridized carbons (Fsp3) is 0.462. The molecule has 0 radical (unpaired) electrons. The summed E-state index contributed by atoms with van der Waals surface area (Å²) in [6.07, 6.45) is 1.97. The van der Waals surface area contributed by atoms with Crippen LogP contribution in [-0.2, 0) is 0 Å². The van der Waals surface area contributed by atoms with Gasteiger partial charge in [-0.25, -0.2) is 0 Å². The Hall–Kier alpha value is -1.00. The maximum Gasteiger partial charge on any atom is 0.159 e. The van der Waals surface area contributed by atoms with Crippen molar-refractivity contribution in [1.29, 1.82) is 0 Å². The molecule has 1 unspecified atom stereocenters. The van der Waals surface area contributed by atoms with Crippen molar-refractivity contribution in [2.24, 2.45) is 0 Å². The fourth-order valence-electron chi connectivity index (χ4n) is 1.48. The highest BCUT2D eigenvalue weighted by atomic mass is 32.2. The third-order valence-electron chi connectivity index (χ3n) is 2.42. The van der Waals surface area contributed by atoms with Gasteiger partial charge in [0.2, 0.25) is 0 Å². The van der Waals surface area contributed by atoms with Gasteiger partial charge in [0.15, 0.2) is 5.78 Å². The van der Waals surface area contributed by atoms with E-state index < -0.39 is 5.60 Å². The van der Waals surface area contributed by atoms with Gasteiger partial charge < -0.3 is 10.4 Å². The highest BCUT2D eigenvalue weighted by Gasteiger charge is 2.18. The summed E-state index contributed by atoms with van der Waals surface area (Å²) in [5.74, 6) is 0.747. The number of carbonyl (C=O) groups is 1. The van der Waals surface area contributed by atoms with Crippen molar-refractivity contribution >= 4 is 23.2 Å². The Bertz CT molecular complexity index is 374. The molecule has 0 aromatic heterocycles. The van der Waals surface area contributed by atoms with Gasteiger partial charge in [0.05, 0.1) is 5.60 Å². The highest BCUT2D eigenvalue weighted by molar-refractivity contribution is 7.98. The summed E-state index contributed by atoms with van der Waals surface area (Å²) in [6.45, 7) is 3.85. The number of hydrogen-bond donors (Lipinski definition) is 2. The van der Waals surface area contributed by atoms with Gasteiger partial charge in [-0.05, 0) is 44.4 Å². The molecule has 1 rings (SSSR count). The second kappa shape index (κ2) is 6.07. The molecular weight excluding hydrogens is 234 g/mol. The first-order valence-corrected chi connectivity index (χ1v) is 6.90. The largest absolute Gasteiger partial charge is 0.387 e. The number of carbonyl (C=O) groups excluding carboxylic acids is 1. The first-order valence-electron chi connectivity index (χ1n) is 5.51. The van der Waals surface area contributed by atoms with E-state index in [1.165, 1.54) is 0 Å². The first-order chi connectivity index (χ1) is 7.94. The van der Waals surface area contributed by atoms with E-state index in [0.29, 0.717) is 17.9 Å². The molecule has 0 aliphatic carbocycles. The predicted molar refractivity (Wildman–Crippen MR) is 73.9 cm³/mol. The molecule has 1 aromatic rings. The molecule has 2 N–H and O–H groups in total. The number of nitrogens with one attached hydrogen (secondary N) is 1. The Kier molecular flexibility index (Phi) is 5.02. The van der Waals surface area contributed by atoms with Crippen molar-refractivity contribution in [2.45, 2.75) is 19.4 Å². The summed E-state index contributed by atoms with van der Waals surface area (Å²) in [5.41, 5.74) is 0.890. The van der Waals surface area contributed by atoms with Crippen molar-refractivity contribution < 1.29 is 9.90 Å². The third-order valence-corrected chi connectivity index (χ3v) is 3.33. The molecule has 17 heavy (non-hydrogen) atoms. The molecule has 0 fully saturated rings. The number of aliphatic hydroxyl groups is 1. The summed E-state index contributed by atoms with van der Waals surface area (Å²) in [6, 6.07) is 7.28. The van der Waals surface area contributed by atoms with E-state index in [9.17, 15) is 9.90 Å². The maximum atomic E-state index is 11.1. The summed E-state index contributed by atoms with van der Waals surface area (Å²) < 4.78 is 0. The number of hydrogen-bond acceptors (Lipinski definition) is 4. The van der Waals surface area contributed by atoms with Gasteiger partial charge in [-0.15, -0.1) is 0 Å². The molecule has 0 spiro atoms. The Morgan fingerprint density at radius 1 is 1.41 bits per heavy atom. The molecule has 0 saturated heterocycles. The molecular formula is C13H19NO2S. The predicted octanol–water partition coefficient (Wildman–Crippen LogP) is 2.42. The number of benzene rings is 1. The summed E-state index contributed by atoms with van der Waals surface area (Å²) in [5, 5.41) is 13.1. The van der Waals surface area contributed by atoms with E-state index >= 15 is 0 Å². The third kappa shape index (κ3) is 4.79. The van der Waals surface area contributed by atoms with E-state index in [4.69, 9.17) is 0 Å². The second-order valence-electron chi connectivity index (χ2n) is 4.42. The van der Waals surface area contributed by atoms with Gasteiger partial charge in [-0.2, -0.15) is 11.8 Å². The molecule has 0 aliphatic heterocycles. The molecule has 1 aromatic carbocycles. The lowest BCUT2D eigenvalue weighted by Gasteiger charge is -2.23. The van der Waals surface area contributed by atoms with E-state index in [1.807, 2.05) is 18.4 Å². The molecule has 0 aliphatic rings. The van der Waals surface area contributed by atoms with Crippen LogP contribution in [0.25, 0.3) is 0 Å². The Morgan fingerprint density at radius 2 is 2.00 bits per heavy atom. The van der Waals surface area contributed by atoms with Crippen molar-refractivity contribution in [2.75, 3.05) is 23.9 Å². The average Bonchev–Trinajstić information content (AvgIpc) is 2.27. The molecule has 94 valence electrons. The normalized spacial score (nSPS) is 14.1. The lowest BCUT2D eigenvalue weighted by Crippen LogP contribution is -2.36. The number of anilines is 1. The lowest BCUT2D eigenvalue weighted by atomic mass is 10.1. The van der Waals surface area contributed by atoms with Crippen LogP contribution in [0, 0.1) is 0 Å². The molecule has 4 heteroatoms. The van der Waals surface area contributed by atoms with Crippen LogP contribution in [0.2, 0.25) is 0 Å². The zero-order valence-electron chi connectivity index (χ0n) is 10.5. The highest BCUT2D eigenvalue weighted by Crippen LogP contribution is 2.14. The first kappa shape index (κ1) is 14.1. The molecule has 3 nitrogen and oxygen atoms in total. The minimum Gasteiger partial charge on any atom is -0.387 e. The topological polar surface area (TPSA) is 49.3 Å². The van der Waals surface area contributed by atoms with Gasteiger partial charge in [0.25, 0.3) is 0 Å². The zero-order chi connectivity index (χ0) is 12.9. The van der Waals surface area contributed by atoms with Crippen LogP contribution in [0.3, 0.4) is 0 Å². The van der Waals surface area contributed by atoms with E-state index in [0.717, 1.165) is 5.69 Å². The maximum absolute atomic E-state index is 11.1. The van der Waals surface area contributed by atoms with Gasteiger partial charge in [-0.1, -0.05) is 0 Å². The molecule has 0 amide bonds. The quantitative estimate of drug-likeness (QED) is 0.764. The number of Topliss-reactive ketones (excluding diaryl/α,β-unsaturated/α-hetero) is 1. The summed E-state index contributed by atoms with van der Waals surface area (Å²) >= 11 is 1.62. The smallest absolute Gasteiger partial charge is 0.159 e. The standard InChI is InChI=1S/C13H19NO2S/c1-10(15)11-4-6-12(7-5-11)14-8-13(2,16)9-17-3/h4-7,14,16H,8-9H2,1-3H3. The summed E-state index contributed by atoms with van der Waals surface area (Å²) in [7, 11) is 0. The summed E-state index contributed by atoms with van der Waals surface area (Å²) in [4.78, 5) is 11.1. The van der Waals surface area contributed by atoms with Crippen LogP contribution in [-0.4, -0.2) is 35.0 Å². The molecule has 0 saturated carbocycles. The fourth-order valence-corrected chi connectivity index (χ4v) is 2.20. The van der Waals surface area contributed by atoms with E-state index in [-0.39, 0.29) is 5.78 Å². The number of rotatable bonds is 6. The average molecular weight is 253 g/mol. The van der Waals surface area contributed by atoms with Gasteiger partial charge in [-0.3, -0.25) is 4.79 Å². The van der Waals surface area contributed by atoms with E-state index in [1.54, 1.807) is 37.7 Å². The van der Waals surface area contributed by atoms with Crippen LogP contribution in [0.15, 0.2) is 24.3 Å². The van der Waals surface area contributed by atoms with Crippen molar-refractivity contribution in [3.63, 3.8) is 0 Å². The minimum atomic E-state index is -0.724. The number of ketones is 1. The van der Waals surface area contributed by atoms with Gasteiger partial charge in [0.1, 0.15) is 0 Å². The van der Waals surface area contributed by atoms with Gasteiger partial charge in [0, 0.05) is 23.5 Å². The molecule has 0 bridgehead atoms. The van der Waals surface area contributed by atoms with Crippen molar-refractivity contribution in [1.82, 2.24) is 0 Å². The monoisotopic (exact) mass is 253 g/mol. The number of thioether (sulfide) groups is 1. The second-order valence-corrected chi connectivity index (χ2v) is 5.28. The minimum absolute atomic E-state index is 0.0610. The Morgan fingerprint density at radius 3 is 2.47 bits per heavy atom. The van der Waals surface area contributed by atoms with E-state index in [2.05, 4.69) is 5.32 Å². The van der Waals surface area contributed by atoms with Crippen LogP contribution >= 0.6 is 11.8 Å². The lowest BCUT2D eigenvalue weighted by molar-refractivity contribution is 0.0993. The van der Waals surface area contributed by atoms with Crippen LogP contribution < -0.4 is 5.32 Å². The zero-order valence-corrected chi connectivity index (χ0v) is 11.3. The molecule has 0 heterocycles. The molecule has 1 atom stereocenters. The van der Waals surface area contributed by atoms with Gasteiger partial charge >= 0.3 is 0 Å². The van der Waals surface area contributed by atoms with Crippen molar-refractivity contribution in [3.05, 3.63) is 29.8 Å².